The maximum atomic E-state index is 11.5. The van der Waals surface area contributed by atoms with Gasteiger partial charge in [0.05, 0.1) is 6.61 Å². The Morgan fingerprint density at radius 1 is 1.47 bits per heavy atom. The summed E-state index contributed by atoms with van der Waals surface area (Å²) in [7, 11) is 1.58. The van der Waals surface area contributed by atoms with Gasteiger partial charge in [0.25, 0.3) is 0 Å². The molecule has 0 aromatic heterocycles. The number of urea groups is 1. The van der Waals surface area contributed by atoms with Crippen LogP contribution in [0.15, 0.2) is 0 Å². The predicted octanol–water partition coefficient (Wildman–Crippen LogP) is -0.128. The zero-order valence-electron chi connectivity index (χ0n) is 9.23. The number of hydrogen-bond acceptors (Lipinski definition) is 3. The number of carboxylic acid groups (broad SMARTS) is 1. The lowest BCUT2D eigenvalue weighted by molar-refractivity contribution is -0.140. The number of nitrogens with one attached hydrogen (secondary N) is 1. The minimum atomic E-state index is -1.25. The number of aliphatic hydroxyl groups excluding tert-OH is 1. The maximum absolute atomic E-state index is 11.5. The lowest BCUT2D eigenvalue weighted by atomic mass is 10.2. The molecule has 0 aliphatic rings. The largest absolute Gasteiger partial charge is 0.480 e. The molecule has 3 N–H and O–H groups in total. The van der Waals surface area contributed by atoms with E-state index < -0.39 is 24.6 Å². The molecule has 0 aliphatic heterocycles. The molecule has 6 heteroatoms. The van der Waals surface area contributed by atoms with Crippen molar-refractivity contribution in [3.8, 4) is 0 Å². The first-order chi connectivity index (χ1) is 6.93. The second-order valence-electron chi connectivity index (χ2n) is 3.39. The van der Waals surface area contributed by atoms with Crippen LogP contribution in [-0.4, -0.2) is 52.9 Å². The highest BCUT2D eigenvalue weighted by atomic mass is 16.4. The highest BCUT2D eigenvalue weighted by Gasteiger charge is 2.22. The molecule has 0 aromatic rings. The van der Waals surface area contributed by atoms with E-state index in [0.717, 1.165) is 6.42 Å². The molecule has 1 unspecified atom stereocenters. The number of rotatable bonds is 5. The van der Waals surface area contributed by atoms with Gasteiger partial charge in [-0.15, -0.1) is 0 Å². The number of carboxylic acids is 1. The minimum Gasteiger partial charge on any atom is -0.480 e. The zero-order chi connectivity index (χ0) is 12.0. The monoisotopic (exact) mass is 218 g/mol. The SMILES string of the molecule is CCC(C)N(C)C(=O)N[C@H](CO)C(=O)O. The van der Waals surface area contributed by atoms with Crippen LogP contribution in [-0.2, 0) is 4.79 Å². The molecule has 0 bridgehead atoms. The fraction of sp³-hybridized carbons (Fsp3) is 0.778. The summed E-state index contributed by atoms with van der Waals surface area (Å²) in [6.45, 7) is 3.17. The fourth-order valence-corrected chi connectivity index (χ4v) is 0.910. The molecule has 0 radical (unpaired) electrons. The van der Waals surface area contributed by atoms with E-state index in [1.54, 1.807) is 7.05 Å². The molecule has 0 aliphatic carbocycles. The van der Waals surface area contributed by atoms with E-state index in [2.05, 4.69) is 5.32 Å². The van der Waals surface area contributed by atoms with E-state index in [1.807, 2.05) is 13.8 Å². The van der Waals surface area contributed by atoms with Gasteiger partial charge >= 0.3 is 12.0 Å². The van der Waals surface area contributed by atoms with Gasteiger partial charge in [-0.25, -0.2) is 9.59 Å². The molecular formula is C9H18N2O4. The Balaban J connectivity index is 4.28. The summed E-state index contributed by atoms with van der Waals surface area (Å²) in [6.07, 6.45) is 0.779. The summed E-state index contributed by atoms with van der Waals surface area (Å²) >= 11 is 0. The van der Waals surface area contributed by atoms with Crippen LogP contribution in [0.25, 0.3) is 0 Å². The van der Waals surface area contributed by atoms with Crippen molar-refractivity contribution in [1.29, 1.82) is 0 Å². The first-order valence-corrected chi connectivity index (χ1v) is 4.81. The van der Waals surface area contributed by atoms with Crippen LogP contribution in [0.4, 0.5) is 4.79 Å². The summed E-state index contributed by atoms with van der Waals surface area (Å²) in [5, 5.41) is 19.5. The van der Waals surface area contributed by atoms with Gasteiger partial charge in [0, 0.05) is 13.1 Å². The summed E-state index contributed by atoms with van der Waals surface area (Å²) in [6, 6.07) is -1.71. The van der Waals surface area contributed by atoms with Crippen molar-refractivity contribution >= 4 is 12.0 Å². The number of carbonyl (C=O) groups excluding carboxylic acids is 1. The molecule has 6 nitrogen and oxygen atoms in total. The molecule has 0 fully saturated rings. The Morgan fingerprint density at radius 2 is 2.00 bits per heavy atom. The number of aliphatic hydroxyl groups is 1. The molecule has 0 rings (SSSR count). The van der Waals surface area contributed by atoms with Crippen molar-refractivity contribution in [1.82, 2.24) is 10.2 Å². The van der Waals surface area contributed by atoms with Crippen molar-refractivity contribution in [2.24, 2.45) is 0 Å². The third-order valence-corrected chi connectivity index (χ3v) is 2.35. The molecule has 0 saturated carbocycles. The lowest BCUT2D eigenvalue weighted by Crippen LogP contribution is -2.50. The van der Waals surface area contributed by atoms with Gasteiger partial charge in [-0.3, -0.25) is 0 Å². The number of hydrogen-bond donors (Lipinski definition) is 3. The van der Waals surface area contributed by atoms with Crippen molar-refractivity contribution in [3.05, 3.63) is 0 Å². The van der Waals surface area contributed by atoms with Crippen LogP contribution in [0.2, 0.25) is 0 Å². The molecule has 2 atom stereocenters. The van der Waals surface area contributed by atoms with Crippen LogP contribution >= 0.6 is 0 Å². The van der Waals surface area contributed by atoms with Crippen molar-refractivity contribution in [2.45, 2.75) is 32.4 Å². The molecule has 88 valence electrons. The standard InChI is InChI=1S/C9H18N2O4/c1-4-6(2)11(3)9(15)10-7(5-12)8(13)14/h6-7,12H,4-5H2,1-3H3,(H,10,15)(H,13,14)/t6?,7-/m1/s1. The Kier molecular flexibility index (Phi) is 5.69. The van der Waals surface area contributed by atoms with E-state index >= 15 is 0 Å². The molecule has 2 amide bonds. The van der Waals surface area contributed by atoms with Crippen LogP contribution in [0.1, 0.15) is 20.3 Å². The van der Waals surface area contributed by atoms with Gasteiger partial charge in [0.15, 0.2) is 6.04 Å². The smallest absolute Gasteiger partial charge is 0.328 e. The maximum Gasteiger partial charge on any atom is 0.328 e. The normalized spacial score (nSPS) is 14.1. The van der Waals surface area contributed by atoms with Crippen LogP contribution in [0.3, 0.4) is 0 Å². The summed E-state index contributed by atoms with van der Waals surface area (Å²) in [4.78, 5) is 23.4. The highest BCUT2D eigenvalue weighted by Crippen LogP contribution is 2.00. The molecule has 0 spiro atoms. The van der Waals surface area contributed by atoms with Crippen molar-refractivity contribution in [3.63, 3.8) is 0 Å². The number of aliphatic carboxylic acids is 1. The Hall–Kier alpha value is -1.30. The van der Waals surface area contributed by atoms with Crippen molar-refractivity contribution in [2.75, 3.05) is 13.7 Å². The molecule has 15 heavy (non-hydrogen) atoms. The Morgan fingerprint density at radius 3 is 2.33 bits per heavy atom. The summed E-state index contributed by atoms with van der Waals surface area (Å²) in [5.74, 6) is -1.25. The average Bonchev–Trinajstić information content (AvgIpc) is 2.22. The quantitative estimate of drug-likeness (QED) is 0.599. The Labute approximate surface area is 88.9 Å². The molecule has 0 aromatic carbocycles. The summed E-state index contributed by atoms with van der Waals surface area (Å²) in [5.41, 5.74) is 0. The topological polar surface area (TPSA) is 89.9 Å². The summed E-state index contributed by atoms with van der Waals surface area (Å²) < 4.78 is 0. The third kappa shape index (κ3) is 4.16. The third-order valence-electron chi connectivity index (χ3n) is 2.35. The van der Waals surface area contributed by atoms with Crippen LogP contribution in [0.5, 0.6) is 0 Å². The van der Waals surface area contributed by atoms with Crippen LogP contribution < -0.4 is 5.32 Å². The van der Waals surface area contributed by atoms with Gasteiger partial charge in [-0.1, -0.05) is 6.92 Å². The lowest BCUT2D eigenvalue weighted by Gasteiger charge is -2.25. The zero-order valence-corrected chi connectivity index (χ0v) is 9.23. The van der Waals surface area contributed by atoms with Gasteiger partial charge in [-0.05, 0) is 13.3 Å². The second-order valence-corrected chi connectivity index (χ2v) is 3.39. The van der Waals surface area contributed by atoms with Gasteiger partial charge in [-0.2, -0.15) is 0 Å². The predicted molar refractivity (Wildman–Crippen MR) is 54.6 cm³/mol. The van der Waals surface area contributed by atoms with E-state index in [4.69, 9.17) is 10.2 Å². The fourth-order valence-electron chi connectivity index (χ4n) is 0.910. The Bertz CT molecular complexity index is 232. The minimum absolute atomic E-state index is 0.0261. The van der Waals surface area contributed by atoms with Gasteiger partial charge in [0.2, 0.25) is 0 Å². The van der Waals surface area contributed by atoms with E-state index in [0.29, 0.717) is 0 Å². The van der Waals surface area contributed by atoms with Crippen molar-refractivity contribution < 1.29 is 19.8 Å². The molecular weight excluding hydrogens is 200 g/mol. The number of amides is 2. The van der Waals surface area contributed by atoms with Gasteiger partial charge in [0.1, 0.15) is 0 Å². The second kappa shape index (κ2) is 6.23. The highest BCUT2D eigenvalue weighted by molar-refractivity contribution is 5.82. The van der Waals surface area contributed by atoms with E-state index in [1.165, 1.54) is 4.90 Å². The molecule has 0 heterocycles. The first-order valence-electron chi connectivity index (χ1n) is 4.81. The van der Waals surface area contributed by atoms with Crippen LogP contribution in [0, 0.1) is 0 Å². The van der Waals surface area contributed by atoms with E-state index in [9.17, 15) is 9.59 Å². The van der Waals surface area contributed by atoms with E-state index in [-0.39, 0.29) is 6.04 Å². The molecule has 0 saturated heterocycles. The number of nitrogens with zero attached hydrogens (tertiary/aromatic N) is 1. The number of carbonyl (C=O) groups is 2. The van der Waals surface area contributed by atoms with Gasteiger partial charge < -0.3 is 20.4 Å². The first kappa shape index (κ1) is 13.7. The average molecular weight is 218 g/mol.